The number of thiazole rings is 1. The monoisotopic (exact) mass is 540 g/mol. The summed E-state index contributed by atoms with van der Waals surface area (Å²) < 4.78 is 33.3. The molecule has 1 atom stereocenters. The molecule has 4 rings (SSSR count). The van der Waals surface area contributed by atoms with Crippen molar-refractivity contribution in [2.45, 2.75) is 43.7 Å². The molecule has 0 aliphatic carbocycles. The highest BCUT2D eigenvalue weighted by Crippen LogP contribution is 2.24. The second-order valence-corrected chi connectivity index (χ2v) is 11.7. The second kappa shape index (κ2) is 10.9. The number of carbonyl (C=O) groups excluding carboxylic acids is 1. The maximum Gasteiger partial charge on any atom is 0.251 e. The molecule has 1 unspecified atom stereocenters. The van der Waals surface area contributed by atoms with Crippen LogP contribution >= 0.6 is 11.3 Å². The molecule has 0 radical (unpaired) electrons. The van der Waals surface area contributed by atoms with Gasteiger partial charge in [-0.2, -0.15) is 0 Å². The molecular formula is C25H28N6O4S2. The number of nitrogens with zero attached hydrogens (tertiary/aromatic N) is 3. The van der Waals surface area contributed by atoms with Crippen molar-refractivity contribution in [1.29, 1.82) is 0 Å². The Bertz CT molecular complexity index is 1500. The second-order valence-electron chi connectivity index (χ2n) is 8.90. The lowest BCUT2D eigenvalue weighted by molar-refractivity contribution is 0.0950. The number of carbonyl (C=O) groups is 1. The normalized spacial score (nSPS) is 13.3. The van der Waals surface area contributed by atoms with Gasteiger partial charge in [0.25, 0.3) is 5.91 Å². The van der Waals surface area contributed by atoms with Gasteiger partial charge in [0.2, 0.25) is 21.8 Å². The third-order valence-electron chi connectivity index (χ3n) is 5.60. The fraction of sp³-hybridized carbons (Fsp3) is 0.280. The van der Waals surface area contributed by atoms with Crippen molar-refractivity contribution in [2.24, 2.45) is 5.73 Å². The van der Waals surface area contributed by atoms with Crippen LogP contribution in [0.3, 0.4) is 0 Å². The molecule has 0 aliphatic heterocycles. The van der Waals surface area contributed by atoms with Crippen LogP contribution < -0.4 is 15.8 Å². The molecule has 2 aromatic heterocycles. The Morgan fingerprint density at radius 2 is 1.89 bits per heavy atom. The first-order valence-electron chi connectivity index (χ1n) is 11.5. The molecule has 0 fully saturated rings. The van der Waals surface area contributed by atoms with Crippen LogP contribution in [0.15, 0.2) is 63.2 Å². The van der Waals surface area contributed by atoms with E-state index in [1.807, 2.05) is 49.6 Å². The van der Waals surface area contributed by atoms with E-state index < -0.39 is 21.5 Å². The van der Waals surface area contributed by atoms with Gasteiger partial charge in [0.1, 0.15) is 5.01 Å². The molecule has 0 saturated carbocycles. The summed E-state index contributed by atoms with van der Waals surface area (Å²) in [5.74, 6) is 0.0938. The van der Waals surface area contributed by atoms with E-state index in [9.17, 15) is 13.2 Å². The number of amides is 1. The lowest BCUT2D eigenvalue weighted by atomic mass is 9.94. The Balaban J connectivity index is 1.56. The molecule has 0 saturated heterocycles. The molecule has 0 aliphatic rings. The molecule has 2 heterocycles. The maximum absolute atomic E-state index is 12.9. The van der Waals surface area contributed by atoms with Crippen LogP contribution in [-0.4, -0.2) is 36.6 Å². The van der Waals surface area contributed by atoms with Gasteiger partial charge >= 0.3 is 0 Å². The van der Waals surface area contributed by atoms with Crippen molar-refractivity contribution < 1.29 is 17.6 Å². The number of rotatable bonds is 10. The van der Waals surface area contributed by atoms with Gasteiger partial charge in [-0.05, 0) is 56.6 Å². The SMILES string of the molecule is CNS(=O)(=O)c1cc(Cc2nnc(C(C)(N)Cc3ccccc3)o2)cc(C(=O)NCc2nc(C)cs2)c1. The van der Waals surface area contributed by atoms with Gasteiger partial charge in [-0.25, -0.2) is 18.1 Å². The highest BCUT2D eigenvalue weighted by atomic mass is 32.2. The molecule has 10 nitrogen and oxygen atoms in total. The molecule has 12 heteroatoms. The van der Waals surface area contributed by atoms with Crippen molar-refractivity contribution in [2.75, 3.05) is 7.05 Å². The fourth-order valence-electron chi connectivity index (χ4n) is 3.73. The van der Waals surface area contributed by atoms with Gasteiger partial charge in [0, 0.05) is 16.6 Å². The summed E-state index contributed by atoms with van der Waals surface area (Å²) >= 11 is 1.44. The standard InChI is InChI=1S/C25H28N6O4S2/c1-16-15-36-22(29-16)14-28-23(32)19-9-18(10-20(12-19)37(33,34)27-3)11-21-30-31-24(35-21)25(2,26)13-17-7-5-4-6-8-17/h4-10,12,15,27H,11,13-14,26H2,1-3H3,(H,28,32). The summed E-state index contributed by atoms with van der Waals surface area (Å²) in [4.78, 5) is 17.2. The largest absolute Gasteiger partial charge is 0.423 e. The predicted octanol–water partition coefficient (Wildman–Crippen LogP) is 2.68. The Hall–Kier alpha value is -3.45. The molecule has 1 amide bonds. The highest BCUT2D eigenvalue weighted by Gasteiger charge is 2.29. The van der Waals surface area contributed by atoms with Crippen molar-refractivity contribution >= 4 is 27.3 Å². The molecule has 0 spiro atoms. The van der Waals surface area contributed by atoms with Crippen molar-refractivity contribution in [3.05, 3.63) is 93.1 Å². The third-order valence-corrected chi connectivity index (χ3v) is 7.96. The number of nitrogens with two attached hydrogens (primary N) is 1. The van der Waals surface area contributed by atoms with Crippen LogP contribution in [0.2, 0.25) is 0 Å². The minimum absolute atomic E-state index is 0.0461. The smallest absolute Gasteiger partial charge is 0.251 e. The molecule has 37 heavy (non-hydrogen) atoms. The Labute approximate surface area is 219 Å². The molecule has 4 N–H and O–H groups in total. The summed E-state index contributed by atoms with van der Waals surface area (Å²) in [6, 6.07) is 14.1. The van der Waals surface area contributed by atoms with Gasteiger partial charge in [-0.3, -0.25) is 4.79 Å². The van der Waals surface area contributed by atoms with Crippen LogP contribution in [0.4, 0.5) is 0 Å². The van der Waals surface area contributed by atoms with Crippen molar-refractivity contribution in [3.63, 3.8) is 0 Å². The maximum atomic E-state index is 12.9. The minimum Gasteiger partial charge on any atom is -0.423 e. The fourth-order valence-corrected chi connectivity index (χ4v) is 5.27. The van der Waals surface area contributed by atoms with E-state index in [2.05, 4.69) is 25.2 Å². The van der Waals surface area contributed by atoms with E-state index in [0.29, 0.717) is 12.0 Å². The lowest BCUT2D eigenvalue weighted by Crippen LogP contribution is -2.35. The van der Waals surface area contributed by atoms with Crippen LogP contribution in [0.25, 0.3) is 0 Å². The third kappa shape index (κ3) is 6.66. The van der Waals surface area contributed by atoms with Gasteiger partial charge in [-0.15, -0.1) is 21.5 Å². The predicted molar refractivity (Wildman–Crippen MR) is 139 cm³/mol. The van der Waals surface area contributed by atoms with E-state index in [4.69, 9.17) is 10.2 Å². The van der Waals surface area contributed by atoms with Gasteiger partial charge in [0.05, 0.1) is 23.4 Å². The number of sulfonamides is 1. The number of hydrogen-bond donors (Lipinski definition) is 3. The van der Waals surface area contributed by atoms with Crippen LogP contribution in [0, 0.1) is 6.92 Å². The molecular weight excluding hydrogens is 512 g/mol. The average molecular weight is 541 g/mol. The summed E-state index contributed by atoms with van der Waals surface area (Å²) in [6.45, 7) is 3.92. The van der Waals surface area contributed by atoms with E-state index in [0.717, 1.165) is 16.3 Å². The molecule has 194 valence electrons. The zero-order valence-corrected chi connectivity index (χ0v) is 22.3. The van der Waals surface area contributed by atoms with Gasteiger partial charge in [-0.1, -0.05) is 30.3 Å². The molecule has 2 aromatic carbocycles. The van der Waals surface area contributed by atoms with E-state index in [1.165, 1.54) is 30.5 Å². The summed E-state index contributed by atoms with van der Waals surface area (Å²) in [6.07, 6.45) is 0.613. The number of hydrogen-bond acceptors (Lipinski definition) is 9. The average Bonchev–Trinajstić information content (AvgIpc) is 3.52. The van der Waals surface area contributed by atoms with E-state index in [-0.39, 0.29) is 35.2 Å². The minimum atomic E-state index is -3.81. The molecule has 4 aromatic rings. The summed E-state index contributed by atoms with van der Waals surface area (Å²) in [5.41, 5.74) is 8.19. The Morgan fingerprint density at radius 3 is 2.57 bits per heavy atom. The van der Waals surface area contributed by atoms with Crippen molar-refractivity contribution in [1.82, 2.24) is 25.2 Å². The Kier molecular flexibility index (Phi) is 7.83. The first-order valence-corrected chi connectivity index (χ1v) is 13.8. The summed E-state index contributed by atoms with van der Waals surface area (Å²) in [7, 11) is -2.50. The number of aryl methyl sites for hydroxylation is 1. The van der Waals surface area contributed by atoms with E-state index in [1.54, 1.807) is 6.07 Å². The number of nitrogens with one attached hydrogen (secondary N) is 2. The van der Waals surface area contributed by atoms with E-state index >= 15 is 0 Å². The van der Waals surface area contributed by atoms with Crippen molar-refractivity contribution in [3.8, 4) is 0 Å². The van der Waals surface area contributed by atoms with Crippen LogP contribution in [0.5, 0.6) is 0 Å². The lowest BCUT2D eigenvalue weighted by Gasteiger charge is -2.20. The molecule has 0 bridgehead atoms. The Morgan fingerprint density at radius 1 is 1.14 bits per heavy atom. The van der Waals surface area contributed by atoms with Crippen LogP contribution in [0.1, 0.15) is 50.9 Å². The van der Waals surface area contributed by atoms with Gasteiger partial charge in [0.15, 0.2) is 0 Å². The zero-order valence-electron chi connectivity index (χ0n) is 20.7. The topological polar surface area (TPSA) is 153 Å². The van der Waals surface area contributed by atoms with Crippen LogP contribution in [-0.2, 0) is 34.9 Å². The van der Waals surface area contributed by atoms with Gasteiger partial charge < -0.3 is 15.5 Å². The zero-order chi connectivity index (χ0) is 26.6. The first-order chi connectivity index (χ1) is 17.6. The number of benzene rings is 2. The number of aromatic nitrogens is 3. The summed E-state index contributed by atoms with van der Waals surface area (Å²) in [5, 5.41) is 13.7. The first kappa shape index (κ1) is 26.6. The highest BCUT2D eigenvalue weighted by molar-refractivity contribution is 7.89. The quantitative estimate of drug-likeness (QED) is 0.277.